The monoisotopic (exact) mass is 402 g/mol. The number of anilines is 1. The van der Waals surface area contributed by atoms with Crippen molar-refractivity contribution in [1.29, 1.82) is 5.26 Å². The normalized spacial score (nSPS) is 16.9. The predicted octanol–water partition coefficient (Wildman–Crippen LogP) is 0.253. The van der Waals surface area contributed by atoms with Gasteiger partial charge in [0.1, 0.15) is 24.3 Å². The van der Waals surface area contributed by atoms with Gasteiger partial charge in [0.2, 0.25) is 0 Å². The second-order valence-electron chi connectivity index (χ2n) is 7.14. The van der Waals surface area contributed by atoms with E-state index >= 15 is 0 Å². The van der Waals surface area contributed by atoms with Gasteiger partial charge < -0.3 is 25.0 Å². The maximum Gasteiger partial charge on any atom is 0.252 e. The van der Waals surface area contributed by atoms with Crippen molar-refractivity contribution in [2.45, 2.75) is 25.0 Å². The zero-order valence-corrected chi connectivity index (χ0v) is 16.0. The van der Waals surface area contributed by atoms with Crippen LogP contribution in [0, 0.1) is 23.1 Å². The molecular formula is C19H23FN6O3. The first-order chi connectivity index (χ1) is 13.9. The van der Waals surface area contributed by atoms with Gasteiger partial charge in [-0.15, -0.1) is 10.2 Å². The molecule has 1 aromatic heterocycles. The molecule has 0 saturated carbocycles. The molecule has 2 atom stereocenters. The van der Waals surface area contributed by atoms with Crippen LogP contribution in [0.4, 0.5) is 10.1 Å². The Morgan fingerprint density at radius 2 is 2.14 bits per heavy atom. The van der Waals surface area contributed by atoms with E-state index in [0.29, 0.717) is 30.9 Å². The van der Waals surface area contributed by atoms with Crippen LogP contribution in [0.25, 0.3) is 0 Å². The van der Waals surface area contributed by atoms with Crippen LogP contribution in [0.1, 0.15) is 30.3 Å². The van der Waals surface area contributed by atoms with Crippen molar-refractivity contribution in [3.63, 3.8) is 0 Å². The van der Waals surface area contributed by atoms with Crippen LogP contribution in [0.15, 0.2) is 24.5 Å². The van der Waals surface area contributed by atoms with E-state index in [1.54, 1.807) is 13.1 Å². The second kappa shape index (κ2) is 8.98. The highest BCUT2D eigenvalue weighted by Gasteiger charge is 2.30. The number of aliphatic hydroxyl groups excluding tert-OH is 2. The number of halogens is 1. The Hall–Kier alpha value is -3.03. The molecule has 1 amide bonds. The number of amides is 1. The average Bonchev–Trinajstić information content (AvgIpc) is 3.17. The van der Waals surface area contributed by atoms with Crippen LogP contribution < -0.4 is 10.2 Å². The van der Waals surface area contributed by atoms with Crippen LogP contribution >= 0.6 is 0 Å². The molecule has 1 saturated heterocycles. The van der Waals surface area contributed by atoms with Crippen molar-refractivity contribution in [1.82, 2.24) is 20.1 Å². The largest absolute Gasteiger partial charge is 0.382 e. The molecule has 3 N–H and O–H groups in total. The fourth-order valence-electron chi connectivity index (χ4n) is 3.45. The first-order valence-corrected chi connectivity index (χ1v) is 9.33. The summed E-state index contributed by atoms with van der Waals surface area (Å²) in [5, 5.41) is 39.4. The topological polar surface area (TPSA) is 127 Å². The molecule has 3 rings (SSSR count). The van der Waals surface area contributed by atoms with Crippen LogP contribution in [0.5, 0.6) is 0 Å². The van der Waals surface area contributed by atoms with Gasteiger partial charge in [-0.3, -0.25) is 4.79 Å². The number of aromatic nitrogens is 3. The Bertz CT molecular complexity index is 904. The van der Waals surface area contributed by atoms with Crippen molar-refractivity contribution in [3.8, 4) is 6.07 Å². The number of nitrogens with zero attached hydrogens (tertiary/aromatic N) is 5. The summed E-state index contributed by atoms with van der Waals surface area (Å²) in [6, 6.07) is 6.20. The zero-order chi connectivity index (χ0) is 21.0. The number of nitriles is 1. The van der Waals surface area contributed by atoms with Gasteiger partial charge in [0.15, 0.2) is 11.9 Å². The van der Waals surface area contributed by atoms with Gasteiger partial charge in [-0.1, -0.05) is 0 Å². The molecule has 0 unspecified atom stereocenters. The van der Waals surface area contributed by atoms with E-state index in [-0.39, 0.29) is 11.7 Å². The van der Waals surface area contributed by atoms with Gasteiger partial charge in [-0.2, -0.15) is 5.26 Å². The maximum atomic E-state index is 13.3. The number of nitrogens with one attached hydrogen (secondary N) is 1. The molecule has 0 radical (unpaired) electrons. The molecule has 1 aliphatic rings. The molecule has 9 nitrogen and oxygen atoms in total. The number of carbonyl (C=O) groups excluding carboxylic acids is 1. The van der Waals surface area contributed by atoms with Crippen LogP contribution in [-0.4, -0.2) is 56.6 Å². The maximum absolute atomic E-state index is 13.3. The molecule has 1 aliphatic heterocycles. The summed E-state index contributed by atoms with van der Waals surface area (Å²) in [6.07, 6.45) is -0.201. The fraction of sp³-hybridized carbons (Fsp3) is 0.474. The van der Waals surface area contributed by atoms with E-state index in [4.69, 9.17) is 0 Å². The fourth-order valence-corrected chi connectivity index (χ4v) is 3.45. The quantitative estimate of drug-likeness (QED) is 0.632. The van der Waals surface area contributed by atoms with Crippen molar-refractivity contribution in [2.24, 2.45) is 13.0 Å². The number of piperidine rings is 1. The lowest BCUT2D eigenvalue weighted by Crippen LogP contribution is -2.43. The predicted molar refractivity (Wildman–Crippen MR) is 101 cm³/mol. The third-order valence-electron chi connectivity index (χ3n) is 5.18. The first kappa shape index (κ1) is 20.7. The second-order valence-corrected chi connectivity index (χ2v) is 7.14. The molecule has 2 heterocycles. The molecule has 0 bridgehead atoms. The van der Waals surface area contributed by atoms with E-state index in [1.807, 2.05) is 11.0 Å². The molecule has 0 spiro atoms. The van der Waals surface area contributed by atoms with E-state index in [2.05, 4.69) is 15.5 Å². The minimum Gasteiger partial charge on any atom is -0.382 e. The van der Waals surface area contributed by atoms with E-state index in [0.717, 1.165) is 12.8 Å². The van der Waals surface area contributed by atoms with E-state index < -0.39 is 23.9 Å². The highest BCUT2D eigenvalue weighted by molar-refractivity contribution is 5.81. The number of carbonyl (C=O) groups is 1. The van der Waals surface area contributed by atoms with Gasteiger partial charge >= 0.3 is 0 Å². The van der Waals surface area contributed by atoms with Gasteiger partial charge in [0, 0.05) is 26.7 Å². The minimum atomic E-state index is -1.64. The third kappa shape index (κ3) is 4.70. The summed E-state index contributed by atoms with van der Waals surface area (Å²) in [5.41, 5.74) is 1.01. The minimum absolute atomic E-state index is 0.105. The van der Waals surface area contributed by atoms with Crippen LogP contribution in [-0.2, 0) is 11.8 Å². The highest BCUT2D eigenvalue weighted by Crippen LogP contribution is 2.26. The summed E-state index contributed by atoms with van der Waals surface area (Å²) in [4.78, 5) is 14.2. The molecule has 2 aromatic rings. The number of rotatable bonds is 6. The van der Waals surface area contributed by atoms with Gasteiger partial charge in [-0.05, 0) is 37.0 Å². The molecule has 10 heteroatoms. The molecular weight excluding hydrogens is 379 g/mol. The van der Waals surface area contributed by atoms with Crippen molar-refractivity contribution in [3.05, 3.63) is 41.7 Å². The molecule has 29 heavy (non-hydrogen) atoms. The summed E-state index contributed by atoms with van der Waals surface area (Å²) in [6.45, 7) is 1.71. The standard InChI is InChI=1S/C19H23FN6O3/c1-25-11-23-24-18(25)16(27)17(28)19(29)22-10-12-4-6-26(7-5-12)15-3-2-14(20)8-13(15)9-21/h2-3,8,11-12,16-17,27-28H,4-7,10H2,1H3,(H,22,29)/t16-,17-/m1/s1. The summed E-state index contributed by atoms with van der Waals surface area (Å²) in [5.74, 6) is -0.813. The lowest BCUT2D eigenvalue weighted by atomic mass is 9.95. The zero-order valence-electron chi connectivity index (χ0n) is 16.0. The SMILES string of the molecule is Cn1cnnc1[C@H](O)[C@@H](O)C(=O)NCC1CCN(c2ccc(F)cc2C#N)CC1. The lowest BCUT2D eigenvalue weighted by molar-refractivity contribution is -0.136. The molecule has 154 valence electrons. The Morgan fingerprint density at radius 3 is 2.76 bits per heavy atom. The van der Waals surface area contributed by atoms with Crippen molar-refractivity contribution in [2.75, 3.05) is 24.5 Å². The van der Waals surface area contributed by atoms with Gasteiger partial charge in [0.05, 0.1) is 11.3 Å². The average molecular weight is 402 g/mol. The van der Waals surface area contributed by atoms with E-state index in [9.17, 15) is 24.7 Å². The Kier molecular flexibility index (Phi) is 6.41. The molecule has 0 aliphatic carbocycles. The van der Waals surface area contributed by atoms with Gasteiger partial charge in [-0.25, -0.2) is 4.39 Å². The Balaban J connectivity index is 1.49. The third-order valence-corrected chi connectivity index (χ3v) is 5.18. The Labute approximate surface area is 167 Å². The molecule has 1 fully saturated rings. The summed E-state index contributed by atoms with van der Waals surface area (Å²) >= 11 is 0. The van der Waals surface area contributed by atoms with E-state index in [1.165, 1.54) is 23.0 Å². The smallest absolute Gasteiger partial charge is 0.252 e. The number of benzene rings is 1. The van der Waals surface area contributed by atoms with Crippen LogP contribution in [0.2, 0.25) is 0 Å². The van der Waals surface area contributed by atoms with Crippen molar-refractivity contribution >= 4 is 11.6 Å². The Morgan fingerprint density at radius 1 is 1.41 bits per heavy atom. The molecule has 1 aromatic carbocycles. The number of aliphatic hydroxyl groups is 2. The summed E-state index contributed by atoms with van der Waals surface area (Å²) in [7, 11) is 1.61. The first-order valence-electron chi connectivity index (χ1n) is 9.33. The lowest BCUT2D eigenvalue weighted by Gasteiger charge is -2.34. The number of hydrogen-bond acceptors (Lipinski definition) is 7. The number of aryl methyl sites for hydroxylation is 1. The van der Waals surface area contributed by atoms with Gasteiger partial charge in [0.25, 0.3) is 5.91 Å². The van der Waals surface area contributed by atoms with Crippen molar-refractivity contribution < 1.29 is 19.4 Å². The number of hydrogen-bond donors (Lipinski definition) is 3. The van der Waals surface area contributed by atoms with Crippen LogP contribution in [0.3, 0.4) is 0 Å². The highest BCUT2D eigenvalue weighted by atomic mass is 19.1. The summed E-state index contributed by atoms with van der Waals surface area (Å²) < 4.78 is 14.7.